The highest BCUT2D eigenvalue weighted by Crippen LogP contribution is 2.39. The summed E-state index contributed by atoms with van der Waals surface area (Å²) < 4.78 is 11.2. The third-order valence-corrected chi connectivity index (χ3v) is 5.06. The van der Waals surface area contributed by atoms with Crippen LogP contribution >= 0.6 is 0 Å². The van der Waals surface area contributed by atoms with Crippen LogP contribution in [0.1, 0.15) is 43.1 Å². The van der Waals surface area contributed by atoms with Gasteiger partial charge in [-0.05, 0) is 43.4 Å². The van der Waals surface area contributed by atoms with Crippen molar-refractivity contribution in [3.05, 3.63) is 23.3 Å². The Balaban J connectivity index is 1.68. The number of hydrogen-bond donors (Lipinski definition) is 1. The SMILES string of the molecule is COc1cc(C(=O)N2CC(CC(C)(C)CN)C2)cc2c1OC(C)C2. The number of likely N-dealkylation sites (tertiary alicyclic amines) is 1. The van der Waals surface area contributed by atoms with E-state index in [1.54, 1.807) is 13.2 Å². The quantitative estimate of drug-likeness (QED) is 0.899. The standard InChI is InChI=1S/C19H28N2O3/c1-12-5-14-6-15(7-16(23-4)17(14)24-12)18(22)21-9-13(10-21)8-19(2,3)11-20/h6-7,12-13H,5,8-11,20H2,1-4H3. The maximum atomic E-state index is 12.8. The second kappa shape index (κ2) is 6.28. The fourth-order valence-corrected chi connectivity index (χ4v) is 3.69. The van der Waals surface area contributed by atoms with E-state index in [0.717, 1.165) is 37.2 Å². The second-order valence-electron chi connectivity index (χ2n) is 7.95. The van der Waals surface area contributed by atoms with Crippen LogP contribution in [0.3, 0.4) is 0 Å². The number of fused-ring (bicyclic) bond motifs is 1. The van der Waals surface area contributed by atoms with Gasteiger partial charge < -0.3 is 20.1 Å². The molecule has 2 heterocycles. The molecule has 24 heavy (non-hydrogen) atoms. The van der Waals surface area contributed by atoms with Crippen LogP contribution < -0.4 is 15.2 Å². The van der Waals surface area contributed by atoms with Crippen molar-refractivity contribution in [2.24, 2.45) is 17.1 Å². The zero-order chi connectivity index (χ0) is 17.5. The molecule has 1 amide bonds. The molecule has 1 unspecified atom stereocenters. The summed E-state index contributed by atoms with van der Waals surface area (Å²) in [6.45, 7) is 8.70. The van der Waals surface area contributed by atoms with Gasteiger partial charge in [0.2, 0.25) is 0 Å². The number of hydrogen-bond acceptors (Lipinski definition) is 4. The van der Waals surface area contributed by atoms with E-state index in [4.69, 9.17) is 15.2 Å². The molecule has 132 valence electrons. The monoisotopic (exact) mass is 332 g/mol. The Hall–Kier alpha value is -1.75. The van der Waals surface area contributed by atoms with Gasteiger partial charge in [-0.15, -0.1) is 0 Å². The van der Waals surface area contributed by atoms with Crippen LogP contribution in [0.15, 0.2) is 12.1 Å². The Morgan fingerprint density at radius 2 is 2.12 bits per heavy atom. The third-order valence-electron chi connectivity index (χ3n) is 5.06. The van der Waals surface area contributed by atoms with E-state index in [2.05, 4.69) is 13.8 Å². The summed E-state index contributed by atoms with van der Waals surface area (Å²) in [5, 5.41) is 0. The Bertz CT molecular complexity index is 636. The molecule has 1 saturated heterocycles. The molecule has 1 aromatic rings. The number of nitrogens with zero attached hydrogens (tertiary/aromatic N) is 1. The molecule has 0 radical (unpaired) electrons. The lowest BCUT2D eigenvalue weighted by molar-refractivity contribution is 0.0406. The first kappa shape index (κ1) is 17.1. The summed E-state index contributed by atoms with van der Waals surface area (Å²) in [7, 11) is 1.62. The molecule has 0 aromatic heterocycles. The molecule has 0 bridgehead atoms. The second-order valence-corrected chi connectivity index (χ2v) is 7.95. The molecule has 0 saturated carbocycles. The molecule has 0 spiro atoms. The van der Waals surface area contributed by atoms with E-state index >= 15 is 0 Å². The zero-order valence-electron chi connectivity index (χ0n) is 15.1. The van der Waals surface area contributed by atoms with Crippen LogP contribution in [0, 0.1) is 11.3 Å². The minimum absolute atomic E-state index is 0.0810. The number of methoxy groups -OCH3 is 1. The Kier molecular flexibility index (Phi) is 4.47. The lowest BCUT2D eigenvalue weighted by Gasteiger charge is -2.42. The van der Waals surface area contributed by atoms with Gasteiger partial charge in [-0.2, -0.15) is 0 Å². The summed E-state index contributed by atoms with van der Waals surface area (Å²) >= 11 is 0. The molecule has 2 N–H and O–H groups in total. The van der Waals surface area contributed by atoms with Crippen molar-refractivity contribution >= 4 is 5.91 Å². The van der Waals surface area contributed by atoms with Crippen LogP contribution in [0.25, 0.3) is 0 Å². The van der Waals surface area contributed by atoms with Crippen molar-refractivity contribution in [3.63, 3.8) is 0 Å². The van der Waals surface area contributed by atoms with Gasteiger partial charge in [0.05, 0.1) is 7.11 Å². The minimum atomic E-state index is 0.0810. The van der Waals surface area contributed by atoms with E-state index in [-0.39, 0.29) is 17.4 Å². The van der Waals surface area contributed by atoms with Crippen molar-refractivity contribution < 1.29 is 14.3 Å². The van der Waals surface area contributed by atoms with E-state index in [9.17, 15) is 4.79 Å². The van der Waals surface area contributed by atoms with Gasteiger partial charge in [0, 0.05) is 30.6 Å². The Morgan fingerprint density at radius 1 is 1.42 bits per heavy atom. The fraction of sp³-hybridized carbons (Fsp3) is 0.632. The number of nitrogens with two attached hydrogens (primary N) is 1. The maximum absolute atomic E-state index is 12.8. The molecule has 1 aromatic carbocycles. The zero-order valence-corrected chi connectivity index (χ0v) is 15.1. The molecule has 2 aliphatic rings. The topological polar surface area (TPSA) is 64.8 Å². The summed E-state index contributed by atoms with van der Waals surface area (Å²) in [5.74, 6) is 2.07. The Labute approximate surface area is 144 Å². The predicted molar refractivity (Wildman–Crippen MR) is 93.6 cm³/mol. The summed E-state index contributed by atoms with van der Waals surface area (Å²) in [5.41, 5.74) is 7.71. The van der Waals surface area contributed by atoms with Crippen LogP contribution in [0.4, 0.5) is 0 Å². The molecule has 1 fully saturated rings. The summed E-state index contributed by atoms with van der Waals surface area (Å²) in [6, 6.07) is 3.76. The van der Waals surface area contributed by atoms with E-state index < -0.39 is 0 Å². The fourth-order valence-electron chi connectivity index (χ4n) is 3.69. The molecule has 3 rings (SSSR count). The van der Waals surface area contributed by atoms with Crippen molar-refractivity contribution in [1.82, 2.24) is 4.90 Å². The highest BCUT2D eigenvalue weighted by molar-refractivity contribution is 5.95. The molecule has 0 aliphatic carbocycles. The smallest absolute Gasteiger partial charge is 0.254 e. The number of benzene rings is 1. The van der Waals surface area contributed by atoms with Crippen molar-refractivity contribution in [3.8, 4) is 11.5 Å². The molecule has 1 atom stereocenters. The van der Waals surface area contributed by atoms with Crippen LogP contribution in [0.2, 0.25) is 0 Å². The third kappa shape index (κ3) is 3.22. The van der Waals surface area contributed by atoms with Gasteiger partial charge >= 0.3 is 0 Å². The van der Waals surface area contributed by atoms with E-state index in [0.29, 0.717) is 23.8 Å². The highest BCUT2D eigenvalue weighted by Gasteiger charge is 2.35. The first-order chi connectivity index (χ1) is 11.3. The minimum Gasteiger partial charge on any atom is -0.493 e. The van der Waals surface area contributed by atoms with Crippen LogP contribution in [-0.4, -0.2) is 43.7 Å². The lowest BCUT2D eigenvalue weighted by Crippen LogP contribution is -2.51. The number of rotatable bonds is 5. The first-order valence-electron chi connectivity index (χ1n) is 8.70. The molecule has 2 aliphatic heterocycles. The molecule has 5 nitrogen and oxygen atoms in total. The van der Waals surface area contributed by atoms with E-state index in [1.807, 2.05) is 17.9 Å². The van der Waals surface area contributed by atoms with Crippen molar-refractivity contribution in [2.75, 3.05) is 26.7 Å². The maximum Gasteiger partial charge on any atom is 0.254 e. The van der Waals surface area contributed by atoms with Gasteiger partial charge in [-0.25, -0.2) is 0 Å². The molecule has 5 heteroatoms. The number of carbonyl (C=O) groups excluding carboxylic acids is 1. The molecular formula is C19H28N2O3. The van der Waals surface area contributed by atoms with Crippen molar-refractivity contribution in [2.45, 2.75) is 39.7 Å². The lowest BCUT2D eigenvalue weighted by atomic mass is 9.79. The molecular weight excluding hydrogens is 304 g/mol. The Morgan fingerprint density at radius 3 is 2.75 bits per heavy atom. The van der Waals surface area contributed by atoms with Crippen LogP contribution in [-0.2, 0) is 6.42 Å². The number of ether oxygens (including phenoxy) is 2. The summed E-state index contributed by atoms with van der Waals surface area (Å²) in [4.78, 5) is 14.7. The van der Waals surface area contributed by atoms with Gasteiger partial charge in [0.15, 0.2) is 11.5 Å². The normalized spacial score (nSPS) is 20.4. The van der Waals surface area contributed by atoms with Gasteiger partial charge in [0.25, 0.3) is 5.91 Å². The largest absolute Gasteiger partial charge is 0.493 e. The predicted octanol–water partition coefficient (Wildman–Crippen LogP) is 2.47. The van der Waals surface area contributed by atoms with E-state index in [1.165, 1.54) is 0 Å². The van der Waals surface area contributed by atoms with Gasteiger partial charge in [-0.3, -0.25) is 4.79 Å². The number of carbonyl (C=O) groups is 1. The average Bonchev–Trinajstić information content (AvgIpc) is 2.89. The first-order valence-corrected chi connectivity index (χ1v) is 8.70. The highest BCUT2D eigenvalue weighted by atomic mass is 16.5. The van der Waals surface area contributed by atoms with Gasteiger partial charge in [-0.1, -0.05) is 13.8 Å². The summed E-state index contributed by atoms with van der Waals surface area (Å²) in [6.07, 6.45) is 2.01. The van der Waals surface area contributed by atoms with Crippen molar-refractivity contribution in [1.29, 1.82) is 0 Å². The van der Waals surface area contributed by atoms with Gasteiger partial charge in [0.1, 0.15) is 6.10 Å². The number of amides is 1. The average molecular weight is 332 g/mol. The van der Waals surface area contributed by atoms with Crippen LogP contribution in [0.5, 0.6) is 11.5 Å².